The maximum Gasteiger partial charge on any atom is 0.227 e. The normalized spacial score (nSPS) is 14.8. The Balaban J connectivity index is 1.83. The summed E-state index contributed by atoms with van der Waals surface area (Å²) >= 11 is 5.98. The first-order valence-electron chi connectivity index (χ1n) is 8.14. The Morgan fingerprint density at radius 2 is 2.04 bits per heavy atom. The molecule has 0 aromatic carbocycles. The highest BCUT2D eigenvalue weighted by molar-refractivity contribution is 6.28. The van der Waals surface area contributed by atoms with Crippen LogP contribution in [0.3, 0.4) is 0 Å². The number of likely N-dealkylation sites (N-methyl/N-ethyl adjacent to an activating group) is 1. The molecule has 0 bridgehead atoms. The zero-order valence-corrected chi connectivity index (χ0v) is 15.3. The number of pyridine rings is 1. The zero-order chi connectivity index (χ0) is 18.8. The number of aryl methyl sites for hydroxylation is 1. The van der Waals surface area contributed by atoms with Crippen LogP contribution in [-0.4, -0.2) is 43.6 Å². The lowest BCUT2D eigenvalue weighted by Gasteiger charge is -2.20. The number of nitrogens with zero attached hydrogens (tertiary/aromatic N) is 5. The summed E-state index contributed by atoms with van der Waals surface area (Å²) in [7, 11) is 1.67. The molecule has 0 atom stereocenters. The lowest BCUT2D eigenvalue weighted by atomic mass is 10.2. The third-order valence-corrected chi connectivity index (χ3v) is 4.22. The second kappa shape index (κ2) is 7.30. The first-order valence-corrected chi connectivity index (χ1v) is 8.52. The maximum absolute atomic E-state index is 9.63. The number of rotatable bonds is 6. The van der Waals surface area contributed by atoms with E-state index >= 15 is 0 Å². The summed E-state index contributed by atoms with van der Waals surface area (Å²) in [5.74, 6) is 7.46. The van der Waals surface area contributed by atoms with Crippen molar-refractivity contribution in [3.05, 3.63) is 40.3 Å². The van der Waals surface area contributed by atoms with E-state index in [0.29, 0.717) is 40.5 Å². The number of anilines is 1. The molecule has 9 nitrogen and oxygen atoms in total. The van der Waals surface area contributed by atoms with Gasteiger partial charge in [-0.05, 0) is 43.5 Å². The van der Waals surface area contributed by atoms with Gasteiger partial charge in [0.1, 0.15) is 11.6 Å². The molecule has 1 aliphatic rings. The van der Waals surface area contributed by atoms with E-state index in [1.54, 1.807) is 26.1 Å². The van der Waals surface area contributed by atoms with Gasteiger partial charge in [0.05, 0.1) is 29.3 Å². The highest BCUT2D eigenvalue weighted by atomic mass is 35.5. The van der Waals surface area contributed by atoms with Crippen molar-refractivity contribution >= 4 is 23.2 Å². The van der Waals surface area contributed by atoms with Crippen molar-refractivity contribution in [3.8, 4) is 5.75 Å². The average Bonchev–Trinajstić information content (AvgIpc) is 3.41. The number of nitrogens with one attached hydrogen (secondary N) is 1. The molecule has 0 spiro atoms. The highest BCUT2D eigenvalue weighted by Crippen LogP contribution is 2.38. The minimum absolute atomic E-state index is 0.106. The summed E-state index contributed by atoms with van der Waals surface area (Å²) in [4.78, 5) is 16.9. The molecule has 1 saturated carbocycles. The smallest absolute Gasteiger partial charge is 0.227 e. The molecule has 1 fully saturated rings. The number of aromatic nitrogens is 4. The van der Waals surface area contributed by atoms with E-state index in [1.807, 2.05) is 0 Å². The van der Waals surface area contributed by atoms with Gasteiger partial charge >= 0.3 is 0 Å². The van der Waals surface area contributed by atoms with E-state index in [1.165, 1.54) is 5.01 Å². The van der Waals surface area contributed by atoms with Crippen molar-refractivity contribution in [2.45, 2.75) is 25.7 Å². The topological polar surface area (TPSA) is 139 Å². The number of hydrazine groups is 1. The molecule has 2 aromatic heterocycles. The molecule has 0 amide bonds. The van der Waals surface area contributed by atoms with Crippen LogP contribution in [0, 0.1) is 6.92 Å². The first kappa shape index (κ1) is 18.2. The van der Waals surface area contributed by atoms with E-state index in [2.05, 4.69) is 25.3 Å². The number of aromatic hydroxyl groups is 1. The van der Waals surface area contributed by atoms with E-state index in [-0.39, 0.29) is 17.6 Å². The fraction of sp³-hybridized carbons (Fsp3) is 0.375. The Hall–Kier alpha value is -2.65. The predicted octanol–water partition coefficient (Wildman–Crippen LogP) is 1.36. The summed E-state index contributed by atoms with van der Waals surface area (Å²) in [6, 6.07) is 3.17. The Morgan fingerprint density at radius 1 is 1.31 bits per heavy atom. The summed E-state index contributed by atoms with van der Waals surface area (Å²) in [5.41, 5.74) is 8.21. The number of nitrogens with two attached hydrogens (primary N) is 2. The molecule has 6 N–H and O–H groups in total. The van der Waals surface area contributed by atoms with Crippen LogP contribution in [0.15, 0.2) is 17.8 Å². The molecule has 0 aliphatic heterocycles. The van der Waals surface area contributed by atoms with E-state index in [9.17, 15) is 5.11 Å². The number of hydrogen-bond acceptors (Lipinski definition) is 9. The monoisotopic (exact) mass is 376 g/mol. The molecule has 2 heterocycles. The van der Waals surface area contributed by atoms with Crippen LogP contribution in [0.4, 0.5) is 5.95 Å². The number of halogens is 1. The molecule has 3 rings (SSSR count). The largest absolute Gasteiger partial charge is 0.506 e. The van der Waals surface area contributed by atoms with Crippen molar-refractivity contribution in [2.24, 2.45) is 11.6 Å². The SMILES string of the molecule is Cc1nc(/C(N)=C(\CNc2nc(Cl)nc(C3CC3)n2)N(C)N)ccc1O. The molecular formula is C16H21ClN8O. The Kier molecular flexibility index (Phi) is 5.10. The van der Waals surface area contributed by atoms with Crippen LogP contribution in [0.2, 0.25) is 5.28 Å². The second-order valence-electron chi connectivity index (χ2n) is 6.19. The van der Waals surface area contributed by atoms with Gasteiger partial charge in [0, 0.05) is 13.0 Å². The fourth-order valence-electron chi connectivity index (χ4n) is 2.39. The van der Waals surface area contributed by atoms with Crippen molar-refractivity contribution in [3.63, 3.8) is 0 Å². The Bertz CT molecular complexity index is 850. The summed E-state index contributed by atoms with van der Waals surface area (Å²) in [6.07, 6.45) is 2.13. The standard InChI is InChI=1S/C16H21ClN8O/c1-8-12(26)6-5-10(21-8)13(18)11(25(2)19)7-20-16-23-14(9-3-4-9)22-15(17)24-16/h5-6,9,26H,3-4,7,18-19H2,1-2H3,(H,20,22,23,24)/b13-11-. The molecule has 26 heavy (non-hydrogen) atoms. The van der Waals surface area contributed by atoms with Crippen LogP contribution >= 0.6 is 11.6 Å². The predicted molar refractivity (Wildman–Crippen MR) is 99.0 cm³/mol. The molecule has 0 unspecified atom stereocenters. The molecule has 1 aliphatic carbocycles. The van der Waals surface area contributed by atoms with Gasteiger partial charge in [-0.1, -0.05) is 0 Å². The van der Waals surface area contributed by atoms with E-state index in [4.69, 9.17) is 23.2 Å². The van der Waals surface area contributed by atoms with Crippen LogP contribution < -0.4 is 16.9 Å². The van der Waals surface area contributed by atoms with Crippen LogP contribution in [0.25, 0.3) is 5.70 Å². The van der Waals surface area contributed by atoms with Crippen molar-refractivity contribution in [1.29, 1.82) is 0 Å². The summed E-state index contributed by atoms with van der Waals surface area (Å²) in [5, 5.41) is 14.3. The third-order valence-electron chi connectivity index (χ3n) is 4.05. The quantitative estimate of drug-likeness (QED) is 0.434. The van der Waals surface area contributed by atoms with Crippen molar-refractivity contribution < 1.29 is 5.11 Å². The van der Waals surface area contributed by atoms with Gasteiger partial charge in [-0.3, -0.25) is 0 Å². The molecule has 0 saturated heterocycles. The van der Waals surface area contributed by atoms with E-state index in [0.717, 1.165) is 12.8 Å². The molecule has 138 valence electrons. The minimum Gasteiger partial charge on any atom is -0.506 e. The van der Waals surface area contributed by atoms with Crippen molar-refractivity contribution in [1.82, 2.24) is 24.9 Å². The summed E-state index contributed by atoms with van der Waals surface area (Å²) in [6.45, 7) is 1.97. The van der Waals surface area contributed by atoms with Gasteiger partial charge in [0.15, 0.2) is 0 Å². The minimum atomic E-state index is 0.106. The van der Waals surface area contributed by atoms with Gasteiger partial charge < -0.3 is 21.2 Å². The van der Waals surface area contributed by atoms with Crippen molar-refractivity contribution in [2.75, 3.05) is 18.9 Å². The molecule has 0 radical (unpaired) electrons. The summed E-state index contributed by atoms with van der Waals surface area (Å²) < 4.78 is 0. The van der Waals surface area contributed by atoms with Gasteiger partial charge in [-0.2, -0.15) is 9.97 Å². The highest BCUT2D eigenvalue weighted by Gasteiger charge is 2.27. The lowest BCUT2D eigenvalue weighted by Crippen LogP contribution is -2.32. The van der Waals surface area contributed by atoms with Crippen LogP contribution in [-0.2, 0) is 0 Å². The number of hydrogen-bond donors (Lipinski definition) is 4. The average molecular weight is 377 g/mol. The molecule has 10 heteroatoms. The van der Waals surface area contributed by atoms with E-state index < -0.39 is 0 Å². The lowest BCUT2D eigenvalue weighted by molar-refractivity contribution is 0.437. The Labute approximate surface area is 156 Å². The Morgan fingerprint density at radius 3 is 2.65 bits per heavy atom. The molecular weight excluding hydrogens is 356 g/mol. The van der Waals surface area contributed by atoms with Crippen LogP contribution in [0.5, 0.6) is 5.75 Å². The second-order valence-corrected chi connectivity index (χ2v) is 6.52. The van der Waals surface area contributed by atoms with Gasteiger partial charge in [-0.25, -0.2) is 15.8 Å². The molecule has 2 aromatic rings. The van der Waals surface area contributed by atoms with Crippen LogP contribution in [0.1, 0.15) is 36.0 Å². The van der Waals surface area contributed by atoms with Gasteiger partial charge in [0.25, 0.3) is 0 Å². The van der Waals surface area contributed by atoms with Gasteiger partial charge in [0.2, 0.25) is 11.2 Å². The first-order chi connectivity index (χ1) is 12.3. The van der Waals surface area contributed by atoms with Gasteiger partial charge in [-0.15, -0.1) is 0 Å². The fourth-order valence-corrected chi connectivity index (χ4v) is 2.56. The maximum atomic E-state index is 9.63. The zero-order valence-electron chi connectivity index (χ0n) is 14.6. The third kappa shape index (κ3) is 4.12.